The van der Waals surface area contributed by atoms with Gasteiger partial charge in [0.25, 0.3) is 0 Å². The van der Waals surface area contributed by atoms with E-state index in [1.165, 1.54) is 5.56 Å². The number of amides is 1. The molecule has 1 N–H and O–H groups in total. The largest absolute Gasteiger partial charge is 0.478 e. The SMILES string of the molecule is O=C(O)c1ccc(CCC(=O)N2CCCC2Cc2ccccc2)cc1. The summed E-state index contributed by atoms with van der Waals surface area (Å²) in [7, 11) is 0. The number of likely N-dealkylation sites (tertiary alicyclic amines) is 1. The zero-order valence-electron chi connectivity index (χ0n) is 14.2. The maximum atomic E-state index is 12.6. The van der Waals surface area contributed by atoms with Gasteiger partial charge in [0.05, 0.1) is 5.56 Å². The fraction of sp³-hybridized carbons (Fsp3) is 0.333. The topological polar surface area (TPSA) is 57.6 Å². The van der Waals surface area contributed by atoms with Crippen molar-refractivity contribution in [3.63, 3.8) is 0 Å². The molecule has 4 heteroatoms. The lowest BCUT2D eigenvalue weighted by Gasteiger charge is -2.25. The summed E-state index contributed by atoms with van der Waals surface area (Å²) >= 11 is 0. The van der Waals surface area contributed by atoms with Crippen LogP contribution in [0.2, 0.25) is 0 Å². The average Bonchev–Trinajstić information content (AvgIpc) is 3.09. The minimum atomic E-state index is -0.927. The molecule has 3 rings (SSSR count). The Hall–Kier alpha value is -2.62. The Balaban J connectivity index is 1.55. The van der Waals surface area contributed by atoms with Gasteiger partial charge in [0, 0.05) is 19.0 Å². The highest BCUT2D eigenvalue weighted by Gasteiger charge is 2.28. The van der Waals surface area contributed by atoms with E-state index in [0.29, 0.717) is 18.9 Å². The first-order valence-corrected chi connectivity index (χ1v) is 8.79. The van der Waals surface area contributed by atoms with Crippen molar-refractivity contribution in [1.29, 1.82) is 0 Å². The Morgan fingerprint density at radius 1 is 1.00 bits per heavy atom. The van der Waals surface area contributed by atoms with E-state index in [4.69, 9.17) is 5.11 Å². The molecule has 1 unspecified atom stereocenters. The molecule has 0 radical (unpaired) electrons. The molecule has 1 fully saturated rings. The van der Waals surface area contributed by atoms with Crippen molar-refractivity contribution in [1.82, 2.24) is 4.90 Å². The van der Waals surface area contributed by atoms with Crippen LogP contribution in [-0.4, -0.2) is 34.5 Å². The van der Waals surface area contributed by atoms with Crippen molar-refractivity contribution in [2.24, 2.45) is 0 Å². The van der Waals surface area contributed by atoms with E-state index in [-0.39, 0.29) is 11.5 Å². The molecule has 1 amide bonds. The molecule has 1 saturated heterocycles. The number of hydrogen-bond acceptors (Lipinski definition) is 2. The summed E-state index contributed by atoms with van der Waals surface area (Å²) in [6.07, 6.45) is 4.16. The van der Waals surface area contributed by atoms with Gasteiger partial charge in [-0.05, 0) is 48.9 Å². The standard InChI is InChI=1S/C21H23NO3/c23-20(13-10-16-8-11-18(12-9-16)21(24)25)22-14-4-7-19(22)15-17-5-2-1-3-6-17/h1-3,5-6,8-9,11-12,19H,4,7,10,13-15H2,(H,24,25). The molecule has 1 atom stereocenters. The van der Waals surface area contributed by atoms with Gasteiger partial charge < -0.3 is 10.0 Å². The highest BCUT2D eigenvalue weighted by molar-refractivity contribution is 5.87. The number of benzene rings is 2. The Morgan fingerprint density at radius 2 is 1.72 bits per heavy atom. The van der Waals surface area contributed by atoms with Crippen LogP contribution < -0.4 is 0 Å². The number of carboxylic acids is 1. The molecule has 0 saturated carbocycles. The minimum absolute atomic E-state index is 0.195. The lowest BCUT2D eigenvalue weighted by molar-refractivity contribution is -0.131. The van der Waals surface area contributed by atoms with Crippen molar-refractivity contribution in [2.75, 3.05) is 6.54 Å². The zero-order chi connectivity index (χ0) is 17.6. The monoisotopic (exact) mass is 337 g/mol. The molecule has 1 heterocycles. The molecular formula is C21H23NO3. The molecular weight excluding hydrogens is 314 g/mol. The van der Waals surface area contributed by atoms with Crippen LogP contribution in [0.25, 0.3) is 0 Å². The number of aryl methyl sites for hydroxylation is 1. The molecule has 1 aliphatic rings. The summed E-state index contributed by atoms with van der Waals surface area (Å²) in [4.78, 5) is 25.5. The average molecular weight is 337 g/mol. The second kappa shape index (κ2) is 7.97. The molecule has 2 aromatic rings. The van der Waals surface area contributed by atoms with Crippen LogP contribution in [0.4, 0.5) is 0 Å². The van der Waals surface area contributed by atoms with Crippen molar-refractivity contribution >= 4 is 11.9 Å². The summed E-state index contributed by atoms with van der Waals surface area (Å²) in [5.74, 6) is -0.732. The van der Waals surface area contributed by atoms with Crippen LogP contribution in [0.5, 0.6) is 0 Å². The molecule has 0 spiro atoms. The Bertz CT molecular complexity index is 725. The van der Waals surface area contributed by atoms with Gasteiger partial charge in [-0.3, -0.25) is 4.79 Å². The summed E-state index contributed by atoms with van der Waals surface area (Å²) in [6.45, 7) is 0.842. The van der Waals surface area contributed by atoms with Crippen LogP contribution >= 0.6 is 0 Å². The van der Waals surface area contributed by atoms with E-state index >= 15 is 0 Å². The van der Waals surface area contributed by atoms with Crippen LogP contribution in [-0.2, 0) is 17.6 Å². The van der Waals surface area contributed by atoms with E-state index < -0.39 is 5.97 Å². The number of rotatable bonds is 6. The third-order valence-corrected chi connectivity index (χ3v) is 4.84. The van der Waals surface area contributed by atoms with E-state index in [1.54, 1.807) is 24.3 Å². The Labute approximate surface area is 148 Å². The number of carbonyl (C=O) groups excluding carboxylic acids is 1. The van der Waals surface area contributed by atoms with E-state index in [9.17, 15) is 9.59 Å². The van der Waals surface area contributed by atoms with Gasteiger partial charge in [-0.1, -0.05) is 42.5 Å². The van der Waals surface area contributed by atoms with Crippen LogP contribution in [0.15, 0.2) is 54.6 Å². The normalized spacial score (nSPS) is 16.8. The first kappa shape index (κ1) is 17.2. The minimum Gasteiger partial charge on any atom is -0.478 e. The third kappa shape index (κ3) is 4.47. The smallest absolute Gasteiger partial charge is 0.335 e. The van der Waals surface area contributed by atoms with Crippen molar-refractivity contribution in [3.05, 3.63) is 71.3 Å². The molecule has 0 aliphatic carbocycles. The molecule has 25 heavy (non-hydrogen) atoms. The fourth-order valence-corrected chi connectivity index (χ4v) is 3.47. The van der Waals surface area contributed by atoms with Gasteiger partial charge in [0.1, 0.15) is 0 Å². The molecule has 4 nitrogen and oxygen atoms in total. The van der Waals surface area contributed by atoms with Gasteiger partial charge >= 0.3 is 5.97 Å². The lowest BCUT2D eigenvalue weighted by atomic mass is 10.0. The van der Waals surface area contributed by atoms with Crippen molar-refractivity contribution in [3.8, 4) is 0 Å². The summed E-state index contributed by atoms with van der Waals surface area (Å²) < 4.78 is 0. The fourth-order valence-electron chi connectivity index (χ4n) is 3.47. The lowest BCUT2D eigenvalue weighted by Crippen LogP contribution is -2.36. The maximum Gasteiger partial charge on any atom is 0.335 e. The number of hydrogen-bond donors (Lipinski definition) is 1. The summed E-state index contributed by atoms with van der Waals surface area (Å²) in [6, 6.07) is 17.4. The van der Waals surface area contributed by atoms with Gasteiger partial charge in [-0.25, -0.2) is 4.79 Å². The number of aromatic carboxylic acids is 1. The second-order valence-electron chi connectivity index (χ2n) is 6.57. The quantitative estimate of drug-likeness (QED) is 0.877. The van der Waals surface area contributed by atoms with Gasteiger partial charge in [-0.2, -0.15) is 0 Å². The van der Waals surface area contributed by atoms with Crippen LogP contribution in [0.3, 0.4) is 0 Å². The number of nitrogens with zero attached hydrogens (tertiary/aromatic N) is 1. The van der Waals surface area contributed by atoms with E-state index in [1.807, 2.05) is 23.1 Å². The summed E-state index contributed by atoms with van der Waals surface area (Å²) in [5.41, 5.74) is 2.55. The Kier molecular flexibility index (Phi) is 5.49. The third-order valence-electron chi connectivity index (χ3n) is 4.84. The van der Waals surface area contributed by atoms with Gasteiger partial charge in [0.15, 0.2) is 0 Å². The highest BCUT2D eigenvalue weighted by Crippen LogP contribution is 2.22. The predicted molar refractivity (Wildman–Crippen MR) is 96.6 cm³/mol. The molecule has 130 valence electrons. The first-order valence-electron chi connectivity index (χ1n) is 8.79. The Morgan fingerprint density at radius 3 is 2.40 bits per heavy atom. The molecule has 0 aromatic heterocycles. The summed E-state index contributed by atoms with van der Waals surface area (Å²) in [5, 5.41) is 8.93. The van der Waals surface area contributed by atoms with Gasteiger partial charge in [0.2, 0.25) is 5.91 Å². The number of carboxylic acid groups (broad SMARTS) is 1. The van der Waals surface area contributed by atoms with Crippen LogP contribution in [0, 0.1) is 0 Å². The highest BCUT2D eigenvalue weighted by atomic mass is 16.4. The first-order chi connectivity index (χ1) is 12.1. The van der Waals surface area contributed by atoms with Crippen molar-refractivity contribution in [2.45, 2.75) is 38.1 Å². The predicted octanol–water partition coefficient (Wildman–Crippen LogP) is 3.55. The van der Waals surface area contributed by atoms with Crippen molar-refractivity contribution < 1.29 is 14.7 Å². The molecule has 0 bridgehead atoms. The maximum absolute atomic E-state index is 12.6. The van der Waals surface area contributed by atoms with Gasteiger partial charge in [-0.15, -0.1) is 0 Å². The molecule has 1 aliphatic heterocycles. The zero-order valence-corrected chi connectivity index (χ0v) is 14.2. The molecule has 2 aromatic carbocycles. The second-order valence-corrected chi connectivity index (χ2v) is 6.57. The van der Waals surface area contributed by atoms with E-state index in [2.05, 4.69) is 12.1 Å². The number of carbonyl (C=O) groups is 2. The van der Waals surface area contributed by atoms with E-state index in [0.717, 1.165) is 31.4 Å². The van der Waals surface area contributed by atoms with Crippen LogP contribution in [0.1, 0.15) is 40.7 Å².